The van der Waals surface area contributed by atoms with Gasteiger partial charge in [0.15, 0.2) is 0 Å². The summed E-state index contributed by atoms with van der Waals surface area (Å²) in [7, 11) is 0. The van der Waals surface area contributed by atoms with Crippen molar-refractivity contribution in [1.82, 2.24) is 0 Å². The molecule has 0 heterocycles. The summed E-state index contributed by atoms with van der Waals surface area (Å²) in [6.45, 7) is 2.23. The Bertz CT molecular complexity index is 617. The minimum absolute atomic E-state index is 0.523. The van der Waals surface area contributed by atoms with Crippen molar-refractivity contribution in [2.24, 2.45) is 5.92 Å². The minimum Gasteiger partial charge on any atom is -0.0764 e. The molecule has 0 bridgehead atoms. The third kappa shape index (κ3) is 2.68. The Morgan fingerprint density at radius 2 is 1.74 bits per heavy atom. The molecule has 0 amide bonds. The van der Waals surface area contributed by atoms with Crippen molar-refractivity contribution in [3.8, 4) is 0 Å². The van der Waals surface area contributed by atoms with E-state index in [2.05, 4.69) is 79.7 Å². The summed E-state index contributed by atoms with van der Waals surface area (Å²) in [6, 6.07) is 19.2. The van der Waals surface area contributed by atoms with Gasteiger partial charge in [0.05, 0.1) is 0 Å². The second-order valence-electron chi connectivity index (χ2n) is 5.17. The Balaban J connectivity index is 1.84. The first-order chi connectivity index (χ1) is 9.33. The van der Waals surface area contributed by atoms with Gasteiger partial charge in [-0.25, -0.2) is 0 Å². The van der Waals surface area contributed by atoms with Crippen LogP contribution < -0.4 is 0 Å². The summed E-state index contributed by atoms with van der Waals surface area (Å²) in [5.41, 5.74) is 5.53. The number of hydrogen-bond acceptors (Lipinski definition) is 0. The highest BCUT2D eigenvalue weighted by Gasteiger charge is 2.14. The van der Waals surface area contributed by atoms with Gasteiger partial charge in [0.25, 0.3) is 0 Å². The Kier molecular flexibility index (Phi) is 3.33. The molecule has 0 saturated carbocycles. The molecule has 1 aliphatic rings. The van der Waals surface area contributed by atoms with E-state index in [1.807, 2.05) is 0 Å². The van der Waals surface area contributed by atoms with E-state index in [1.54, 1.807) is 0 Å². The fourth-order valence-corrected chi connectivity index (χ4v) is 2.64. The second-order valence-corrected chi connectivity index (χ2v) is 5.17. The van der Waals surface area contributed by atoms with Gasteiger partial charge < -0.3 is 0 Å². The van der Waals surface area contributed by atoms with Gasteiger partial charge >= 0.3 is 0 Å². The molecule has 0 N–H and O–H groups in total. The molecule has 94 valence electrons. The van der Waals surface area contributed by atoms with Crippen LogP contribution >= 0.6 is 0 Å². The van der Waals surface area contributed by atoms with Crippen LogP contribution in [-0.2, 0) is 6.42 Å². The van der Waals surface area contributed by atoms with Crippen LogP contribution in [0, 0.1) is 5.92 Å². The summed E-state index contributed by atoms with van der Waals surface area (Å²) in [6.07, 6.45) is 7.99. The lowest BCUT2D eigenvalue weighted by Crippen LogP contribution is -2.08. The van der Waals surface area contributed by atoms with Crippen molar-refractivity contribution < 1.29 is 0 Å². The van der Waals surface area contributed by atoms with Crippen LogP contribution in [-0.4, -0.2) is 0 Å². The van der Waals surface area contributed by atoms with Crippen LogP contribution in [0.15, 0.2) is 66.2 Å². The summed E-state index contributed by atoms with van der Waals surface area (Å²) in [5, 5.41) is 0. The van der Waals surface area contributed by atoms with Gasteiger partial charge in [0.1, 0.15) is 0 Å². The molecule has 1 atom stereocenters. The second kappa shape index (κ2) is 5.27. The molecule has 0 radical (unpaired) electrons. The van der Waals surface area contributed by atoms with Gasteiger partial charge in [-0.3, -0.25) is 0 Å². The maximum absolute atomic E-state index is 2.33. The first kappa shape index (κ1) is 12.0. The van der Waals surface area contributed by atoms with Crippen LogP contribution in [0.1, 0.15) is 23.6 Å². The van der Waals surface area contributed by atoms with Gasteiger partial charge in [-0.05, 0) is 30.0 Å². The zero-order valence-electron chi connectivity index (χ0n) is 11.2. The van der Waals surface area contributed by atoms with Crippen LogP contribution in [0.2, 0.25) is 0 Å². The van der Waals surface area contributed by atoms with Crippen LogP contribution in [0.4, 0.5) is 0 Å². The maximum atomic E-state index is 2.33. The monoisotopic (exact) mass is 246 g/mol. The normalized spacial score (nSPS) is 18.2. The van der Waals surface area contributed by atoms with Crippen molar-refractivity contribution in [3.05, 3.63) is 82.9 Å². The van der Waals surface area contributed by atoms with E-state index in [0.29, 0.717) is 5.92 Å². The predicted molar refractivity (Wildman–Crippen MR) is 82.8 cm³/mol. The molecule has 0 aromatic heterocycles. The minimum atomic E-state index is 0.523. The predicted octanol–water partition coefficient (Wildman–Crippen LogP) is 4.98. The van der Waals surface area contributed by atoms with Crippen LogP contribution in [0.3, 0.4) is 0 Å². The topological polar surface area (TPSA) is 0 Å². The molecule has 0 fully saturated rings. The molecular weight excluding hydrogens is 228 g/mol. The maximum Gasteiger partial charge on any atom is 0.00213 e. The van der Waals surface area contributed by atoms with Gasteiger partial charge in [0, 0.05) is 5.92 Å². The fourth-order valence-electron chi connectivity index (χ4n) is 2.64. The van der Waals surface area contributed by atoms with E-state index in [1.165, 1.54) is 22.3 Å². The number of allylic oxidation sites excluding steroid dienone is 2. The van der Waals surface area contributed by atoms with E-state index >= 15 is 0 Å². The van der Waals surface area contributed by atoms with Crippen molar-refractivity contribution in [1.29, 1.82) is 0 Å². The molecule has 1 aliphatic carbocycles. The summed E-state index contributed by atoms with van der Waals surface area (Å²) in [4.78, 5) is 0. The van der Waals surface area contributed by atoms with E-state index in [4.69, 9.17) is 0 Å². The van der Waals surface area contributed by atoms with Gasteiger partial charge in [-0.2, -0.15) is 0 Å². The third-order valence-corrected chi connectivity index (χ3v) is 3.78. The van der Waals surface area contributed by atoms with E-state index in [-0.39, 0.29) is 0 Å². The van der Waals surface area contributed by atoms with E-state index in [9.17, 15) is 0 Å². The molecule has 19 heavy (non-hydrogen) atoms. The van der Waals surface area contributed by atoms with Gasteiger partial charge in [-0.15, -0.1) is 0 Å². The first-order valence-electron chi connectivity index (χ1n) is 6.82. The molecule has 0 aliphatic heterocycles. The lowest BCUT2D eigenvalue weighted by atomic mass is 9.85. The highest BCUT2D eigenvalue weighted by Crippen LogP contribution is 2.28. The summed E-state index contributed by atoms with van der Waals surface area (Å²) in [5.74, 6) is 0.523. The lowest BCUT2D eigenvalue weighted by molar-refractivity contribution is 0.751. The van der Waals surface area contributed by atoms with Crippen molar-refractivity contribution in [2.45, 2.75) is 13.3 Å². The van der Waals surface area contributed by atoms with Gasteiger partial charge in [0.2, 0.25) is 0 Å². The lowest BCUT2D eigenvalue weighted by Gasteiger charge is -2.20. The molecule has 0 saturated heterocycles. The molecule has 1 unspecified atom stereocenters. The highest BCUT2D eigenvalue weighted by atomic mass is 14.2. The zero-order chi connectivity index (χ0) is 13.1. The smallest absolute Gasteiger partial charge is 0.00213 e. The number of hydrogen-bond donors (Lipinski definition) is 0. The highest BCUT2D eigenvalue weighted by molar-refractivity contribution is 5.60. The number of rotatable bonds is 2. The van der Waals surface area contributed by atoms with Crippen molar-refractivity contribution in [2.75, 3.05) is 0 Å². The fraction of sp³-hybridized carbons (Fsp3) is 0.158. The summed E-state index contributed by atoms with van der Waals surface area (Å²) < 4.78 is 0. The SMILES string of the molecule is C/C(=C\c1ccccc1)C1C=Cc2ccccc2C1. The van der Waals surface area contributed by atoms with Crippen LogP contribution in [0.25, 0.3) is 12.2 Å². The summed E-state index contributed by atoms with van der Waals surface area (Å²) >= 11 is 0. The molecule has 3 rings (SSSR count). The molecule has 0 nitrogen and oxygen atoms in total. The first-order valence-corrected chi connectivity index (χ1v) is 6.82. The average molecular weight is 246 g/mol. The van der Waals surface area contributed by atoms with Gasteiger partial charge in [-0.1, -0.05) is 78.4 Å². The molecule has 2 aromatic carbocycles. The van der Waals surface area contributed by atoms with E-state index < -0.39 is 0 Å². The standard InChI is InChI=1S/C19H18/c1-15(13-16-7-3-2-4-8-16)18-12-11-17-9-5-6-10-19(17)14-18/h2-13,18H,14H2,1H3/b15-13+. The Labute approximate surface area is 115 Å². The Morgan fingerprint density at radius 3 is 2.58 bits per heavy atom. The Hall–Kier alpha value is -2.08. The van der Waals surface area contributed by atoms with Crippen molar-refractivity contribution >= 4 is 12.2 Å². The average Bonchev–Trinajstić information content (AvgIpc) is 2.48. The quantitative estimate of drug-likeness (QED) is 0.701. The molecule has 2 aromatic rings. The third-order valence-electron chi connectivity index (χ3n) is 3.78. The van der Waals surface area contributed by atoms with Crippen LogP contribution in [0.5, 0.6) is 0 Å². The molecule has 0 spiro atoms. The Morgan fingerprint density at radius 1 is 1.00 bits per heavy atom. The van der Waals surface area contributed by atoms with E-state index in [0.717, 1.165) is 6.42 Å². The largest absolute Gasteiger partial charge is 0.0764 e. The van der Waals surface area contributed by atoms with Crippen molar-refractivity contribution in [3.63, 3.8) is 0 Å². The molecule has 0 heteroatoms. The zero-order valence-corrected chi connectivity index (χ0v) is 11.2. The number of fused-ring (bicyclic) bond motifs is 1. The molecular formula is C19H18. The number of benzene rings is 2.